The first kappa shape index (κ1) is 24.6. The van der Waals surface area contributed by atoms with Crippen LogP contribution in [0.1, 0.15) is 39.7 Å². The average Bonchev–Trinajstić information content (AvgIpc) is 3.20. The maximum Gasteiger partial charge on any atom is 0.259 e. The van der Waals surface area contributed by atoms with Gasteiger partial charge in [-0.1, -0.05) is 19.1 Å². The molecule has 4 rings (SSSR count). The molecule has 0 unspecified atom stereocenters. The summed E-state index contributed by atoms with van der Waals surface area (Å²) >= 11 is 1.50. The predicted molar refractivity (Wildman–Crippen MR) is 138 cm³/mol. The Hall–Kier alpha value is -3.52. The van der Waals surface area contributed by atoms with E-state index in [-0.39, 0.29) is 18.2 Å². The van der Waals surface area contributed by atoms with E-state index < -0.39 is 0 Å². The van der Waals surface area contributed by atoms with Gasteiger partial charge in [0.1, 0.15) is 22.2 Å². The molecule has 0 spiro atoms. The summed E-state index contributed by atoms with van der Waals surface area (Å²) in [6, 6.07) is 12.6. The van der Waals surface area contributed by atoms with E-state index in [0.717, 1.165) is 41.0 Å². The normalized spacial score (nSPS) is 14.6. The molecule has 0 fully saturated rings. The zero-order valence-corrected chi connectivity index (χ0v) is 21.2. The molecule has 184 valence electrons. The van der Waals surface area contributed by atoms with Crippen LogP contribution in [-0.2, 0) is 24.1 Å². The lowest BCUT2D eigenvalue weighted by Crippen LogP contribution is -2.20. The molecule has 7 nitrogen and oxygen atoms in total. The number of nitrogens with one attached hydrogen (secondary N) is 2. The lowest BCUT2D eigenvalue weighted by atomic mass is 9.88. The second-order valence-corrected chi connectivity index (χ2v) is 9.75. The van der Waals surface area contributed by atoms with Crippen molar-refractivity contribution in [1.82, 2.24) is 0 Å². The number of hydrogen-bond donors (Lipinski definition) is 2. The van der Waals surface area contributed by atoms with Gasteiger partial charge in [-0.05, 0) is 60.6 Å². The van der Waals surface area contributed by atoms with Crippen molar-refractivity contribution in [3.63, 3.8) is 0 Å². The molecule has 2 amide bonds. The number of carbonyl (C=O) groups excluding carboxylic acids is 2. The van der Waals surface area contributed by atoms with Gasteiger partial charge in [0.25, 0.3) is 5.91 Å². The Morgan fingerprint density at radius 1 is 0.971 bits per heavy atom. The molecule has 0 saturated heterocycles. The summed E-state index contributed by atoms with van der Waals surface area (Å²) in [6.07, 6.45) is 2.91. The fourth-order valence-electron chi connectivity index (χ4n) is 4.28. The van der Waals surface area contributed by atoms with E-state index in [1.165, 1.54) is 11.3 Å². The third-order valence-corrected chi connectivity index (χ3v) is 7.34. The topological polar surface area (TPSA) is 85.9 Å². The highest BCUT2D eigenvalue weighted by molar-refractivity contribution is 7.17. The highest BCUT2D eigenvalue weighted by atomic mass is 32.1. The van der Waals surface area contributed by atoms with Gasteiger partial charge in [0.2, 0.25) is 5.91 Å². The minimum atomic E-state index is -0.275. The molecule has 1 aromatic heterocycles. The average molecular weight is 495 g/mol. The first-order valence-electron chi connectivity index (χ1n) is 11.5. The summed E-state index contributed by atoms with van der Waals surface area (Å²) in [5, 5.41) is 6.57. The van der Waals surface area contributed by atoms with Crippen molar-refractivity contribution < 1.29 is 23.8 Å². The molecule has 3 aromatic rings. The molecule has 35 heavy (non-hydrogen) atoms. The molecule has 1 aliphatic rings. The molecule has 1 heterocycles. The number of anilines is 2. The van der Waals surface area contributed by atoms with E-state index in [1.54, 1.807) is 39.5 Å². The van der Waals surface area contributed by atoms with Crippen LogP contribution in [0.15, 0.2) is 42.5 Å². The number of ether oxygens (including phenoxy) is 3. The summed E-state index contributed by atoms with van der Waals surface area (Å²) in [6.45, 7) is 2.21. The first-order chi connectivity index (χ1) is 16.9. The number of fused-ring (bicyclic) bond motifs is 1. The smallest absolute Gasteiger partial charge is 0.259 e. The van der Waals surface area contributed by atoms with Crippen LogP contribution in [0.4, 0.5) is 10.7 Å². The van der Waals surface area contributed by atoms with Crippen LogP contribution in [0.25, 0.3) is 0 Å². The Kier molecular flexibility index (Phi) is 7.60. The fraction of sp³-hybridized carbons (Fsp3) is 0.333. The molecule has 0 radical (unpaired) electrons. The molecule has 2 N–H and O–H groups in total. The Morgan fingerprint density at radius 3 is 2.37 bits per heavy atom. The van der Waals surface area contributed by atoms with Crippen LogP contribution in [0.2, 0.25) is 0 Å². The van der Waals surface area contributed by atoms with E-state index in [0.29, 0.717) is 33.7 Å². The highest BCUT2D eigenvalue weighted by Crippen LogP contribution is 2.40. The summed E-state index contributed by atoms with van der Waals surface area (Å²) in [5.74, 6) is 1.97. The SMILES string of the molecule is COc1ccc(CC(=O)Nc2sc3c(c2C(=O)Nc2cc(OC)ccc2OC)CC[C@@H](C)C3)cc1. The van der Waals surface area contributed by atoms with Gasteiger partial charge in [0, 0.05) is 10.9 Å². The first-order valence-corrected chi connectivity index (χ1v) is 12.3. The third kappa shape index (κ3) is 5.59. The number of methoxy groups -OCH3 is 3. The molecular weight excluding hydrogens is 464 g/mol. The molecular formula is C27H30N2O5S. The standard InChI is InChI=1S/C27H30N2O5S/c1-16-5-11-20-23(13-16)35-27(29-24(30)14-17-6-8-18(32-2)9-7-17)25(20)26(31)28-21-15-19(33-3)10-12-22(21)34-4/h6-10,12,15-16H,5,11,13-14H2,1-4H3,(H,28,31)(H,29,30)/t16-/m1/s1. The van der Waals surface area contributed by atoms with Gasteiger partial charge < -0.3 is 24.8 Å². The zero-order valence-electron chi connectivity index (χ0n) is 20.4. The van der Waals surface area contributed by atoms with Crippen molar-refractivity contribution in [2.45, 2.75) is 32.6 Å². The van der Waals surface area contributed by atoms with E-state index in [2.05, 4.69) is 17.6 Å². The van der Waals surface area contributed by atoms with Crippen LogP contribution in [0, 0.1) is 5.92 Å². The molecule has 0 saturated carbocycles. The van der Waals surface area contributed by atoms with Gasteiger partial charge in [0.05, 0.1) is 39.0 Å². The lowest BCUT2D eigenvalue weighted by Gasteiger charge is -2.19. The van der Waals surface area contributed by atoms with E-state index in [4.69, 9.17) is 14.2 Å². The number of thiophene rings is 1. The van der Waals surface area contributed by atoms with Crippen molar-refractivity contribution in [2.24, 2.45) is 5.92 Å². The quantitative estimate of drug-likeness (QED) is 0.442. The summed E-state index contributed by atoms with van der Waals surface area (Å²) < 4.78 is 15.9. The lowest BCUT2D eigenvalue weighted by molar-refractivity contribution is -0.115. The van der Waals surface area contributed by atoms with E-state index in [9.17, 15) is 9.59 Å². The van der Waals surface area contributed by atoms with E-state index >= 15 is 0 Å². The maximum atomic E-state index is 13.6. The van der Waals surface area contributed by atoms with Crippen molar-refractivity contribution >= 4 is 33.8 Å². The number of amides is 2. The molecule has 1 aliphatic carbocycles. The number of benzene rings is 2. The van der Waals surface area contributed by atoms with E-state index in [1.807, 2.05) is 24.3 Å². The summed E-state index contributed by atoms with van der Waals surface area (Å²) in [5.41, 5.74) is 2.93. The maximum absolute atomic E-state index is 13.6. The number of rotatable bonds is 8. The summed E-state index contributed by atoms with van der Waals surface area (Å²) in [4.78, 5) is 27.6. The van der Waals surface area contributed by atoms with Crippen LogP contribution in [0.5, 0.6) is 17.2 Å². The largest absolute Gasteiger partial charge is 0.497 e. The second-order valence-electron chi connectivity index (χ2n) is 8.65. The highest BCUT2D eigenvalue weighted by Gasteiger charge is 2.29. The Balaban J connectivity index is 1.61. The van der Waals surface area contributed by atoms with Crippen molar-refractivity contribution in [1.29, 1.82) is 0 Å². The fourth-order valence-corrected chi connectivity index (χ4v) is 5.70. The minimum Gasteiger partial charge on any atom is -0.497 e. The predicted octanol–water partition coefficient (Wildman–Crippen LogP) is 5.33. The van der Waals surface area contributed by atoms with Crippen molar-refractivity contribution in [2.75, 3.05) is 32.0 Å². The van der Waals surface area contributed by atoms with Crippen LogP contribution in [-0.4, -0.2) is 33.1 Å². The number of carbonyl (C=O) groups is 2. The van der Waals surface area contributed by atoms with Gasteiger partial charge in [-0.25, -0.2) is 0 Å². The molecule has 1 atom stereocenters. The molecule has 2 aromatic carbocycles. The van der Waals surface area contributed by atoms with Gasteiger partial charge in [-0.3, -0.25) is 9.59 Å². The van der Waals surface area contributed by atoms with Crippen molar-refractivity contribution in [3.05, 3.63) is 64.0 Å². The van der Waals surface area contributed by atoms with Gasteiger partial charge in [-0.2, -0.15) is 0 Å². The van der Waals surface area contributed by atoms with Gasteiger partial charge in [-0.15, -0.1) is 11.3 Å². The third-order valence-electron chi connectivity index (χ3n) is 6.17. The van der Waals surface area contributed by atoms with Crippen molar-refractivity contribution in [3.8, 4) is 17.2 Å². The summed E-state index contributed by atoms with van der Waals surface area (Å²) in [7, 11) is 4.73. The van der Waals surface area contributed by atoms with Crippen LogP contribution < -0.4 is 24.8 Å². The Labute approximate surface area is 209 Å². The molecule has 8 heteroatoms. The monoisotopic (exact) mass is 494 g/mol. The molecule has 0 aliphatic heterocycles. The van der Waals surface area contributed by atoms with Crippen LogP contribution in [0.3, 0.4) is 0 Å². The zero-order chi connectivity index (χ0) is 24.9. The Bertz CT molecular complexity index is 1220. The second kappa shape index (κ2) is 10.8. The number of hydrogen-bond acceptors (Lipinski definition) is 6. The van der Waals surface area contributed by atoms with Gasteiger partial charge >= 0.3 is 0 Å². The van der Waals surface area contributed by atoms with Gasteiger partial charge in [0.15, 0.2) is 0 Å². The van der Waals surface area contributed by atoms with Crippen LogP contribution >= 0.6 is 11.3 Å². The molecule has 0 bridgehead atoms. The minimum absolute atomic E-state index is 0.171. The Morgan fingerprint density at radius 2 is 1.69 bits per heavy atom.